The molecule has 0 aromatic heterocycles. The fraction of sp³-hybridized carbons (Fsp3) is 0.0769. The molecule has 16 heavy (non-hydrogen) atoms. The van der Waals surface area contributed by atoms with Gasteiger partial charge < -0.3 is 4.84 Å². The number of fused-ring (bicyclic) bond motifs is 1. The van der Waals surface area contributed by atoms with Crippen LogP contribution in [0.25, 0.3) is 0 Å². The highest BCUT2D eigenvalue weighted by Crippen LogP contribution is 2.31. The van der Waals surface area contributed by atoms with E-state index in [9.17, 15) is 0 Å². The monoisotopic (exact) mass is 231 g/mol. The predicted octanol–water partition coefficient (Wildman–Crippen LogP) is 3.65. The molecule has 2 aromatic carbocycles. The van der Waals surface area contributed by atoms with E-state index in [0.717, 1.165) is 23.0 Å². The number of hydrogen-bond donors (Lipinski definition) is 0. The Morgan fingerprint density at radius 2 is 1.94 bits per heavy atom. The Kier molecular flexibility index (Phi) is 2.22. The van der Waals surface area contributed by atoms with Gasteiger partial charge in [-0.1, -0.05) is 35.9 Å². The van der Waals surface area contributed by atoms with Crippen molar-refractivity contribution in [2.75, 3.05) is 5.06 Å². The quantitative estimate of drug-likeness (QED) is 0.743. The largest absolute Gasteiger partial charge is 0.379 e. The zero-order chi connectivity index (χ0) is 11.0. The molecule has 0 N–H and O–H groups in total. The molecule has 1 aliphatic rings. The highest BCUT2D eigenvalue weighted by Gasteiger charge is 2.20. The van der Waals surface area contributed by atoms with Crippen molar-refractivity contribution in [2.24, 2.45) is 0 Å². The standard InChI is InChI=1S/C13H10ClNO/c14-11-5-3-6-12(8-11)15-9-10-4-1-2-7-13(10)16-15/h1-8H,9H2. The number of anilines is 1. The van der Waals surface area contributed by atoms with Crippen molar-refractivity contribution in [3.63, 3.8) is 0 Å². The van der Waals surface area contributed by atoms with Gasteiger partial charge in [0, 0.05) is 10.6 Å². The van der Waals surface area contributed by atoms with E-state index < -0.39 is 0 Å². The number of benzene rings is 2. The maximum absolute atomic E-state index is 5.95. The minimum atomic E-state index is 0.719. The van der Waals surface area contributed by atoms with Crippen molar-refractivity contribution in [1.29, 1.82) is 0 Å². The molecule has 0 saturated heterocycles. The highest BCUT2D eigenvalue weighted by molar-refractivity contribution is 6.30. The second-order valence-electron chi connectivity index (χ2n) is 3.72. The number of rotatable bonds is 1. The van der Waals surface area contributed by atoms with Crippen molar-refractivity contribution < 1.29 is 4.84 Å². The summed E-state index contributed by atoms with van der Waals surface area (Å²) in [5.74, 6) is 0.919. The van der Waals surface area contributed by atoms with Crippen molar-refractivity contribution in [1.82, 2.24) is 0 Å². The van der Waals surface area contributed by atoms with Gasteiger partial charge in [-0.05, 0) is 24.3 Å². The van der Waals surface area contributed by atoms with E-state index in [2.05, 4.69) is 6.07 Å². The smallest absolute Gasteiger partial charge is 0.160 e. The average Bonchev–Trinajstić information content (AvgIpc) is 2.72. The number of hydrogen-bond acceptors (Lipinski definition) is 2. The Bertz CT molecular complexity index is 502. The summed E-state index contributed by atoms with van der Waals surface area (Å²) in [6.07, 6.45) is 0. The van der Waals surface area contributed by atoms with Crippen LogP contribution in [0.2, 0.25) is 5.02 Å². The van der Waals surface area contributed by atoms with Gasteiger partial charge in [0.25, 0.3) is 0 Å². The summed E-state index contributed by atoms with van der Waals surface area (Å²) in [4.78, 5) is 5.72. The Labute approximate surface area is 99.0 Å². The third-order valence-corrected chi connectivity index (χ3v) is 2.83. The molecule has 3 heteroatoms. The van der Waals surface area contributed by atoms with Crippen LogP contribution in [0, 0.1) is 0 Å². The molecular formula is C13H10ClNO. The number of nitrogens with zero attached hydrogens (tertiary/aromatic N) is 1. The van der Waals surface area contributed by atoms with Crippen LogP contribution in [0.3, 0.4) is 0 Å². The maximum Gasteiger partial charge on any atom is 0.160 e. The van der Waals surface area contributed by atoms with E-state index in [4.69, 9.17) is 16.4 Å². The minimum Gasteiger partial charge on any atom is -0.379 e. The molecule has 0 aliphatic carbocycles. The van der Waals surface area contributed by atoms with E-state index in [1.54, 1.807) is 0 Å². The summed E-state index contributed by atoms with van der Waals surface area (Å²) in [6.45, 7) is 0.760. The van der Waals surface area contributed by atoms with E-state index in [0.29, 0.717) is 0 Å². The molecule has 2 aromatic rings. The van der Waals surface area contributed by atoms with Crippen LogP contribution in [0.1, 0.15) is 5.56 Å². The lowest BCUT2D eigenvalue weighted by atomic mass is 10.2. The molecule has 1 heterocycles. The fourth-order valence-corrected chi connectivity index (χ4v) is 1.99. The number of hydroxylamine groups is 1. The lowest BCUT2D eigenvalue weighted by molar-refractivity contribution is 0.308. The third kappa shape index (κ3) is 1.61. The SMILES string of the molecule is Clc1cccc(N2Cc3ccccc3O2)c1. The van der Waals surface area contributed by atoms with E-state index in [1.807, 2.05) is 47.5 Å². The van der Waals surface area contributed by atoms with Gasteiger partial charge in [-0.2, -0.15) is 0 Å². The molecule has 0 saturated carbocycles. The molecule has 80 valence electrons. The molecule has 1 aliphatic heterocycles. The highest BCUT2D eigenvalue weighted by atomic mass is 35.5. The number of halogens is 1. The van der Waals surface area contributed by atoms with Crippen LogP contribution in [-0.4, -0.2) is 0 Å². The van der Waals surface area contributed by atoms with Gasteiger partial charge >= 0.3 is 0 Å². The second kappa shape index (κ2) is 3.72. The van der Waals surface area contributed by atoms with Gasteiger partial charge in [0.05, 0.1) is 12.2 Å². The summed E-state index contributed by atoms with van der Waals surface area (Å²) in [5.41, 5.74) is 2.17. The van der Waals surface area contributed by atoms with Gasteiger partial charge in [-0.25, -0.2) is 5.06 Å². The zero-order valence-corrected chi connectivity index (χ0v) is 9.32. The fourth-order valence-electron chi connectivity index (χ4n) is 1.80. The minimum absolute atomic E-state index is 0.719. The molecule has 0 bridgehead atoms. The summed E-state index contributed by atoms with van der Waals surface area (Å²) in [6, 6.07) is 15.7. The Balaban J connectivity index is 1.91. The van der Waals surface area contributed by atoms with Crippen LogP contribution >= 0.6 is 11.6 Å². The van der Waals surface area contributed by atoms with Crippen molar-refractivity contribution in [2.45, 2.75) is 6.54 Å². The lowest BCUT2D eigenvalue weighted by Crippen LogP contribution is -2.19. The van der Waals surface area contributed by atoms with Gasteiger partial charge in [-0.3, -0.25) is 0 Å². The molecule has 0 spiro atoms. The first-order chi connectivity index (χ1) is 7.83. The molecule has 0 atom stereocenters. The van der Waals surface area contributed by atoms with E-state index in [-0.39, 0.29) is 0 Å². The average molecular weight is 232 g/mol. The first-order valence-corrected chi connectivity index (χ1v) is 5.50. The number of para-hydroxylation sites is 1. The molecular weight excluding hydrogens is 222 g/mol. The lowest BCUT2D eigenvalue weighted by Gasteiger charge is -2.16. The van der Waals surface area contributed by atoms with Gasteiger partial charge in [-0.15, -0.1) is 0 Å². The topological polar surface area (TPSA) is 12.5 Å². The van der Waals surface area contributed by atoms with Crippen LogP contribution in [0.15, 0.2) is 48.5 Å². The van der Waals surface area contributed by atoms with Crippen molar-refractivity contribution in [3.05, 3.63) is 59.1 Å². The van der Waals surface area contributed by atoms with Gasteiger partial charge in [0.2, 0.25) is 0 Å². The normalized spacial score (nSPS) is 13.4. The van der Waals surface area contributed by atoms with Crippen LogP contribution in [-0.2, 0) is 6.54 Å². The zero-order valence-electron chi connectivity index (χ0n) is 8.56. The first kappa shape index (κ1) is 9.55. The Morgan fingerprint density at radius 3 is 2.75 bits per heavy atom. The van der Waals surface area contributed by atoms with Crippen LogP contribution in [0.5, 0.6) is 5.75 Å². The molecule has 0 fully saturated rings. The van der Waals surface area contributed by atoms with Crippen molar-refractivity contribution in [3.8, 4) is 5.75 Å². The molecule has 0 amide bonds. The second-order valence-corrected chi connectivity index (χ2v) is 4.15. The third-order valence-electron chi connectivity index (χ3n) is 2.59. The molecule has 3 rings (SSSR count). The molecule has 0 unspecified atom stereocenters. The maximum atomic E-state index is 5.95. The Morgan fingerprint density at radius 1 is 1.06 bits per heavy atom. The van der Waals surface area contributed by atoms with Crippen molar-refractivity contribution >= 4 is 17.3 Å². The first-order valence-electron chi connectivity index (χ1n) is 5.12. The van der Waals surface area contributed by atoms with Gasteiger partial charge in [0.1, 0.15) is 0 Å². The summed E-state index contributed by atoms with van der Waals surface area (Å²) >= 11 is 5.95. The molecule has 2 nitrogen and oxygen atoms in total. The van der Waals surface area contributed by atoms with Crippen LogP contribution in [0.4, 0.5) is 5.69 Å². The molecule has 0 radical (unpaired) electrons. The predicted molar refractivity (Wildman–Crippen MR) is 64.7 cm³/mol. The van der Waals surface area contributed by atoms with E-state index >= 15 is 0 Å². The van der Waals surface area contributed by atoms with Gasteiger partial charge in [0.15, 0.2) is 5.75 Å². The summed E-state index contributed by atoms with van der Waals surface area (Å²) < 4.78 is 0. The Hall–Kier alpha value is -1.67. The van der Waals surface area contributed by atoms with E-state index in [1.165, 1.54) is 5.56 Å². The summed E-state index contributed by atoms with van der Waals surface area (Å²) in [7, 11) is 0. The summed E-state index contributed by atoms with van der Waals surface area (Å²) in [5, 5.41) is 2.56. The van der Waals surface area contributed by atoms with Crippen LogP contribution < -0.4 is 9.90 Å².